The van der Waals surface area contributed by atoms with Gasteiger partial charge in [-0.3, -0.25) is 0 Å². The Morgan fingerprint density at radius 2 is 0.720 bits per heavy atom. The molecule has 2 atom stereocenters. The van der Waals surface area contributed by atoms with E-state index in [0.717, 1.165) is 215 Å². The molecule has 9 nitrogen and oxygen atoms in total. The summed E-state index contributed by atoms with van der Waals surface area (Å²) in [7, 11) is 0. The van der Waals surface area contributed by atoms with E-state index in [9.17, 15) is 0 Å². The molecule has 18 aromatic carbocycles. The van der Waals surface area contributed by atoms with Crippen molar-refractivity contribution in [1.29, 1.82) is 0 Å². The minimum absolute atomic E-state index is 0.0202. The third-order valence-corrected chi connectivity index (χ3v) is 27.6. The number of rotatable bonds is 12. The average Bonchev–Trinajstić information content (AvgIpc) is 1.54. The summed E-state index contributed by atoms with van der Waals surface area (Å²) in [6, 6.07) is 137. The Morgan fingerprint density at radius 1 is 0.272 bits per heavy atom. The smallest absolute Gasteiger partial charge is 0.160 e. The zero-order valence-electron chi connectivity index (χ0n) is 67.4. The molecule has 26 aromatic rings. The zero-order chi connectivity index (χ0) is 81.8. The third-order valence-electron chi connectivity index (χ3n) is 26.4. The summed E-state index contributed by atoms with van der Waals surface area (Å²) < 4.78 is 44.0. The Morgan fingerprint density at radius 3 is 1.36 bits per heavy atom. The maximum atomic E-state index is 7.62. The van der Waals surface area contributed by atoms with Gasteiger partial charge in [-0.1, -0.05) is 280 Å². The molecule has 0 N–H and O–H groups in total. The number of fused-ring (bicyclic) bond motifs is 24. The van der Waals surface area contributed by atoms with Crippen LogP contribution in [0.5, 0.6) is 0 Å². The molecular formula is C115H70N4O5S. The van der Waals surface area contributed by atoms with Crippen molar-refractivity contribution in [2.45, 2.75) is 13.0 Å². The number of furan rings is 5. The molecule has 27 rings (SSSR count). The van der Waals surface area contributed by atoms with Gasteiger partial charge in [0.1, 0.15) is 50.3 Å². The van der Waals surface area contributed by atoms with Crippen molar-refractivity contribution in [2.75, 3.05) is 9.80 Å². The van der Waals surface area contributed by atoms with E-state index in [-0.39, 0.29) is 12.0 Å². The van der Waals surface area contributed by atoms with Crippen LogP contribution in [0.1, 0.15) is 6.92 Å². The number of nitrogens with zero attached hydrogens (tertiary/aromatic N) is 4. The lowest BCUT2D eigenvalue weighted by atomic mass is 9.92. The topological polar surface area (TPSA) is 82.0 Å². The maximum absolute atomic E-state index is 7.62. The first kappa shape index (κ1) is 69.6. The van der Waals surface area contributed by atoms with Gasteiger partial charge in [-0.25, -0.2) is 0 Å². The Hall–Kier alpha value is -16.1. The first-order valence-electron chi connectivity index (χ1n) is 42.7. The van der Waals surface area contributed by atoms with E-state index < -0.39 is 0 Å². The van der Waals surface area contributed by atoms with Crippen LogP contribution in [0, 0.1) is 5.92 Å². The van der Waals surface area contributed by atoms with Gasteiger partial charge < -0.3 is 41.0 Å². The third kappa shape index (κ3) is 10.4. The summed E-state index contributed by atoms with van der Waals surface area (Å²) in [6.07, 6.45) is 4.83. The van der Waals surface area contributed by atoms with Gasteiger partial charge in [0, 0.05) is 114 Å². The molecule has 8 aromatic heterocycles. The monoisotopic (exact) mass is 1620 g/mol. The van der Waals surface area contributed by atoms with Crippen LogP contribution in [-0.2, 0) is 0 Å². The predicted octanol–water partition coefficient (Wildman–Crippen LogP) is 31.1. The summed E-state index contributed by atoms with van der Waals surface area (Å²) >= 11 is 1.86. The summed E-state index contributed by atoms with van der Waals surface area (Å²) in [6.45, 7) is 2.33. The second kappa shape index (κ2) is 26.9. The van der Waals surface area contributed by atoms with Crippen molar-refractivity contribution in [3.8, 4) is 55.9 Å². The molecule has 2 unspecified atom stereocenters. The highest BCUT2D eigenvalue weighted by Crippen LogP contribution is 2.53. The van der Waals surface area contributed by atoms with Crippen LogP contribution in [0.4, 0.5) is 28.4 Å². The van der Waals surface area contributed by atoms with Crippen LogP contribution in [-0.4, -0.2) is 15.2 Å². The van der Waals surface area contributed by atoms with Crippen LogP contribution < -0.4 is 20.4 Å². The predicted molar refractivity (Wildman–Crippen MR) is 519 cm³/mol. The standard InChI is InChI=1S/C115H70N4O5S/c1-67-62-102-90(64-99(67)117(76-57-50-71(51-58-76)69-26-6-3-7-27-69)98-45-23-38-86-83-32-13-19-47-105(83)125-115(86)98)92-66-104-107(109(113(92)122-102)119-95-42-16-10-30-81(95)82-31-11-17-43-96(82)119)88-39-21-35-78(111(88)123-104)73-54-61-101-89(63-73)84-36-20-34-77(110(84)121-101)72-52-59-75(60-53-72)116(74-55-48-70(49-56-74)68-24-4-2-5-25-68)97-44-22-37-85-91-65-103-106(87-33-12-18-46-100(87)120-103)108(114(91)124-112(85)97)118-93-40-14-8-28-79(93)80-29-9-15-41-94(80)118/h2-67,99H,1H3. The normalized spacial score (nSPS) is 13.8. The van der Waals surface area contributed by atoms with Crippen molar-refractivity contribution in [3.63, 3.8) is 0 Å². The summed E-state index contributed by atoms with van der Waals surface area (Å²) in [5.74, 6) is 0.0202. The average molecular weight is 1620 g/mol. The van der Waals surface area contributed by atoms with E-state index in [4.69, 9.17) is 22.1 Å². The van der Waals surface area contributed by atoms with Crippen LogP contribution in [0.25, 0.3) is 231 Å². The zero-order valence-corrected chi connectivity index (χ0v) is 68.2. The van der Waals surface area contributed by atoms with Crippen molar-refractivity contribution in [2.24, 2.45) is 5.92 Å². The quantitative estimate of drug-likeness (QED) is 0.121. The molecule has 8 heterocycles. The van der Waals surface area contributed by atoms with Gasteiger partial charge in [-0.2, -0.15) is 0 Å². The summed E-state index contributed by atoms with van der Waals surface area (Å²) in [4.78, 5) is 4.90. The number of benzene rings is 18. The molecule has 586 valence electrons. The van der Waals surface area contributed by atoms with E-state index in [0.29, 0.717) is 0 Å². The van der Waals surface area contributed by atoms with Crippen LogP contribution in [0.2, 0.25) is 0 Å². The molecular weight excluding hydrogens is 1550 g/mol. The molecule has 0 bridgehead atoms. The fraction of sp³-hybridized carbons (Fsp3) is 0.0261. The number of thiophene rings is 1. The summed E-state index contributed by atoms with van der Waals surface area (Å²) in [5, 5.41) is 17.1. The highest BCUT2D eigenvalue weighted by Gasteiger charge is 2.34. The van der Waals surface area contributed by atoms with Gasteiger partial charge >= 0.3 is 0 Å². The van der Waals surface area contributed by atoms with Crippen molar-refractivity contribution >= 4 is 214 Å². The molecule has 0 saturated carbocycles. The van der Waals surface area contributed by atoms with Gasteiger partial charge in [-0.15, -0.1) is 11.3 Å². The Bertz CT molecular complexity index is 9050. The molecule has 1 aliphatic rings. The van der Waals surface area contributed by atoms with Gasteiger partial charge in [0.05, 0.1) is 55.0 Å². The Kier molecular flexibility index (Phi) is 15.0. The number of para-hydroxylation sites is 8. The van der Waals surface area contributed by atoms with Gasteiger partial charge in [-0.05, 0) is 155 Å². The minimum atomic E-state index is -0.127. The molecule has 0 radical (unpaired) electrons. The first-order chi connectivity index (χ1) is 61.9. The lowest BCUT2D eigenvalue weighted by Crippen LogP contribution is -2.41. The van der Waals surface area contributed by atoms with Crippen LogP contribution in [0.15, 0.2) is 404 Å². The van der Waals surface area contributed by atoms with E-state index >= 15 is 0 Å². The lowest BCUT2D eigenvalue weighted by molar-refractivity contribution is 0.555. The van der Waals surface area contributed by atoms with Crippen molar-refractivity contribution in [3.05, 3.63) is 393 Å². The SMILES string of the molecule is CC1C=c2oc3c(-n4c5ccccc5c5ccccc54)c4c(cc3c2=CC1N(c1ccc(-c2ccccc2)cc1)c1cccc2c1sc1ccccc12)oc1c(-c2ccc3oc5c(-c6ccc(N(c7ccc(-c8ccccc8)cc7)c7cccc8c7oc7c(-n9c%10ccccc%10c%10ccccc%109)c9c(cc78)oc7ccccc79)cc6)cccc5c3c2)cccc14. The Balaban J connectivity index is 0.599. The van der Waals surface area contributed by atoms with Crippen LogP contribution in [0.3, 0.4) is 0 Å². The molecule has 0 amide bonds. The van der Waals surface area contributed by atoms with E-state index in [1.807, 2.05) is 17.4 Å². The first-order valence-corrected chi connectivity index (χ1v) is 43.5. The lowest BCUT2D eigenvalue weighted by Gasteiger charge is -2.36. The van der Waals surface area contributed by atoms with Crippen molar-refractivity contribution < 1.29 is 22.1 Å². The van der Waals surface area contributed by atoms with E-state index in [2.05, 4.69) is 414 Å². The minimum Gasteiger partial charge on any atom is -0.456 e. The molecule has 0 fully saturated rings. The van der Waals surface area contributed by atoms with Crippen molar-refractivity contribution in [1.82, 2.24) is 9.13 Å². The fourth-order valence-corrected chi connectivity index (χ4v) is 21.9. The molecule has 10 heteroatoms. The summed E-state index contributed by atoms with van der Waals surface area (Å²) in [5.41, 5.74) is 27.8. The van der Waals surface area contributed by atoms with Crippen LogP contribution >= 0.6 is 11.3 Å². The molecule has 125 heavy (non-hydrogen) atoms. The fourth-order valence-electron chi connectivity index (χ4n) is 20.7. The number of hydrogen-bond acceptors (Lipinski definition) is 8. The number of anilines is 5. The van der Waals surface area contributed by atoms with Gasteiger partial charge in [0.25, 0.3) is 0 Å². The largest absolute Gasteiger partial charge is 0.456 e. The molecule has 0 aliphatic heterocycles. The van der Waals surface area contributed by atoms with Gasteiger partial charge in [0.2, 0.25) is 0 Å². The van der Waals surface area contributed by atoms with E-state index in [1.165, 1.54) is 42.1 Å². The molecule has 1 aliphatic carbocycles. The number of aromatic nitrogens is 2. The maximum Gasteiger partial charge on any atom is 0.160 e. The Labute approximate surface area is 718 Å². The molecule has 0 spiro atoms. The second-order valence-electron chi connectivity index (χ2n) is 33.2. The second-order valence-corrected chi connectivity index (χ2v) is 34.3. The molecule has 0 saturated heterocycles. The highest BCUT2D eigenvalue weighted by molar-refractivity contribution is 7.26. The highest BCUT2D eigenvalue weighted by atomic mass is 32.1. The van der Waals surface area contributed by atoms with E-state index in [1.54, 1.807) is 0 Å². The van der Waals surface area contributed by atoms with Gasteiger partial charge in [0.15, 0.2) is 16.7 Å². The number of hydrogen-bond donors (Lipinski definition) is 0.